The van der Waals surface area contributed by atoms with Crippen LogP contribution in [0.15, 0.2) is 103 Å². The van der Waals surface area contributed by atoms with Crippen molar-refractivity contribution in [1.82, 2.24) is 4.90 Å². The number of fused-ring (bicyclic) bond motifs is 1. The van der Waals surface area contributed by atoms with E-state index < -0.39 is 30.1 Å². The standard InChI is InChI=1S/C35H34ClN3O6/c1-24(40)45-33-32(27-13-16-29(17-14-27)43-22-25-9-5-3-6-10-25)37-30-21-28(36)15-18-31(30)39(34(33)41)20-19-38(2)35(42)44-23-26-11-7-4-8-12-26/h3-18,21,32-33,37H,19-20,22-23H2,1-2H3/t32-,33+/m0/s1. The smallest absolute Gasteiger partial charge is 0.409 e. The molecule has 0 saturated heterocycles. The van der Waals surface area contributed by atoms with Gasteiger partial charge >= 0.3 is 12.1 Å². The number of benzene rings is 4. The van der Waals surface area contributed by atoms with E-state index >= 15 is 0 Å². The van der Waals surface area contributed by atoms with Crippen molar-refractivity contribution in [2.24, 2.45) is 0 Å². The first-order chi connectivity index (χ1) is 21.8. The molecule has 45 heavy (non-hydrogen) atoms. The van der Waals surface area contributed by atoms with Crippen LogP contribution < -0.4 is 15.0 Å². The van der Waals surface area contributed by atoms with Gasteiger partial charge in [-0.2, -0.15) is 0 Å². The first-order valence-corrected chi connectivity index (χ1v) is 14.9. The number of halogens is 1. The summed E-state index contributed by atoms with van der Waals surface area (Å²) in [5.41, 5.74) is 3.73. The van der Waals surface area contributed by atoms with Crippen molar-refractivity contribution < 1.29 is 28.6 Å². The number of rotatable bonds is 10. The van der Waals surface area contributed by atoms with Crippen LogP contribution in [0.3, 0.4) is 0 Å². The van der Waals surface area contributed by atoms with Crippen LogP contribution in [0.4, 0.5) is 16.2 Å². The largest absolute Gasteiger partial charge is 0.489 e. The molecule has 0 radical (unpaired) electrons. The van der Waals surface area contributed by atoms with Crippen LogP contribution in [0.5, 0.6) is 5.75 Å². The van der Waals surface area contributed by atoms with Crippen LogP contribution in [0, 0.1) is 0 Å². The lowest BCUT2D eigenvalue weighted by Gasteiger charge is -2.29. The van der Waals surface area contributed by atoms with Gasteiger partial charge in [0.25, 0.3) is 5.91 Å². The van der Waals surface area contributed by atoms with Crippen molar-refractivity contribution >= 4 is 40.9 Å². The molecule has 10 heteroatoms. The zero-order chi connectivity index (χ0) is 31.8. The van der Waals surface area contributed by atoms with Crippen LogP contribution in [-0.2, 0) is 32.3 Å². The number of likely N-dealkylation sites (N-methyl/N-ethyl adjacent to an activating group) is 1. The van der Waals surface area contributed by atoms with Crippen molar-refractivity contribution in [1.29, 1.82) is 0 Å². The van der Waals surface area contributed by atoms with Gasteiger partial charge in [-0.1, -0.05) is 84.4 Å². The summed E-state index contributed by atoms with van der Waals surface area (Å²) in [7, 11) is 1.60. The number of nitrogens with zero attached hydrogens (tertiary/aromatic N) is 2. The molecule has 5 rings (SSSR count). The van der Waals surface area contributed by atoms with E-state index in [0.717, 1.165) is 11.1 Å². The highest BCUT2D eigenvalue weighted by atomic mass is 35.5. The van der Waals surface area contributed by atoms with E-state index in [9.17, 15) is 14.4 Å². The third-order valence-electron chi connectivity index (χ3n) is 7.33. The molecular formula is C35H34ClN3O6. The molecule has 2 atom stereocenters. The highest BCUT2D eigenvalue weighted by molar-refractivity contribution is 6.31. The van der Waals surface area contributed by atoms with Gasteiger partial charge in [-0.15, -0.1) is 0 Å². The van der Waals surface area contributed by atoms with Gasteiger partial charge in [-0.3, -0.25) is 9.59 Å². The number of amides is 2. The maximum atomic E-state index is 14.1. The summed E-state index contributed by atoms with van der Waals surface area (Å²) in [5, 5.41) is 3.85. The summed E-state index contributed by atoms with van der Waals surface area (Å²) in [6.07, 6.45) is -1.74. The van der Waals surface area contributed by atoms with Crippen molar-refractivity contribution in [3.05, 3.63) is 125 Å². The minimum absolute atomic E-state index is 0.114. The summed E-state index contributed by atoms with van der Waals surface area (Å²) < 4.78 is 17.0. The lowest BCUT2D eigenvalue weighted by atomic mass is 10.00. The zero-order valence-electron chi connectivity index (χ0n) is 25.0. The Morgan fingerprint density at radius 3 is 2.18 bits per heavy atom. The number of esters is 1. The quantitative estimate of drug-likeness (QED) is 0.197. The van der Waals surface area contributed by atoms with E-state index in [1.807, 2.05) is 84.9 Å². The van der Waals surface area contributed by atoms with Crippen molar-refractivity contribution in [3.63, 3.8) is 0 Å². The Kier molecular flexibility index (Phi) is 10.2. The van der Waals surface area contributed by atoms with Gasteiger partial charge in [-0.25, -0.2) is 4.79 Å². The Balaban J connectivity index is 1.35. The first kappa shape index (κ1) is 31.4. The molecule has 0 saturated carbocycles. The number of ether oxygens (including phenoxy) is 3. The molecule has 1 heterocycles. The number of nitrogens with one attached hydrogen (secondary N) is 1. The molecule has 1 N–H and O–H groups in total. The predicted octanol–water partition coefficient (Wildman–Crippen LogP) is 6.62. The van der Waals surface area contributed by atoms with E-state index in [2.05, 4.69) is 5.32 Å². The monoisotopic (exact) mass is 627 g/mol. The minimum atomic E-state index is -1.21. The summed E-state index contributed by atoms with van der Waals surface area (Å²) in [6.45, 7) is 2.07. The molecule has 4 aromatic carbocycles. The lowest BCUT2D eigenvalue weighted by Crippen LogP contribution is -2.46. The maximum Gasteiger partial charge on any atom is 0.409 e. The summed E-state index contributed by atoms with van der Waals surface area (Å²) in [5.74, 6) is -0.397. The van der Waals surface area contributed by atoms with Gasteiger partial charge in [0, 0.05) is 32.1 Å². The molecule has 2 amide bonds. The Morgan fingerprint density at radius 2 is 1.53 bits per heavy atom. The Morgan fingerprint density at radius 1 is 0.889 bits per heavy atom. The zero-order valence-corrected chi connectivity index (χ0v) is 25.8. The molecule has 4 aromatic rings. The Bertz CT molecular complexity index is 1620. The maximum absolute atomic E-state index is 14.1. The molecule has 1 aliphatic heterocycles. The molecule has 1 aliphatic rings. The number of carbonyl (C=O) groups excluding carboxylic acids is 3. The molecule has 0 unspecified atom stereocenters. The summed E-state index contributed by atoms with van der Waals surface area (Å²) in [6, 6.07) is 30.9. The number of hydrogen-bond acceptors (Lipinski definition) is 7. The van der Waals surface area contributed by atoms with Gasteiger partial charge in [0.05, 0.1) is 17.4 Å². The Labute approximate surface area is 267 Å². The molecule has 0 spiro atoms. The van der Waals surface area contributed by atoms with E-state index in [1.165, 1.54) is 16.7 Å². The number of hydrogen-bond donors (Lipinski definition) is 1. The first-order valence-electron chi connectivity index (χ1n) is 14.5. The highest BCUT2D eigenvalue weighted by Gasteiger charge is 2.40. The van der Waals surface area contributed by atoms with Gasteiger partial charge in [0.1, 0.15) is 19.0 Å². The van der Waals surface area contributed by atoms with Crippen LogP contribution in [-0.4, -0.2) is 49.1 Å². The number of carbonyl (C=O) groups is 3. The molecule has 9 nitrogen and oxygen atoms in total. The molecule has 232 valence electrons. The fraction of sp³-hybridized carbons (Fsp3) is 0.229. The van der Waals surface area contributed by atoms with Crippen LogP contribution in [0.1, 0.15) is 29.7 Å². The lowest BCUT2D eigenvalue weighted by molar-refractivity contribution is -0.153. The van der Waals surface area contributed by atoms with Crippen molar-refractivity contribution in [2.45, 2.75) is 32.3 Å². The molecule has 0 aromatic heterocycles. The topological polar surface area (TPSA) is 97.4 Å². The Hall–Kier alpha value is -5.02. The fourth-order valence-corrected chi connectivity index (χ4v) is 5.16. The predicted molar refractivity (Wildman–Crippen MR) is 172 cm³/mol. The SMILES string of the molecule is CC(=O)O[C@H]1C(=O)N(CCN(C)C(=O)OCc2ccccc2)c2ccc(Cl)cc2N[C@H]1c1ccc(OCc2ccccc2)cc1. The van der Waals surface area contributed by atoms with Gasteiger partial charge in [-0.05, 0) is 47.0 Å². The summed E-state index contributed by atoms with van der Waals surface area (Å²) >= 11 is 6.37. The fourth-order valence-electron chi connectivity index (χ4n) is 4.99. The number of anilines is 2. The van der Waals surface area contributed by atoms with Crippen LogP contribution in [0.25, 0.3) is 0 Å². The minimum Gasteiger partial charge on any atom is -0.489 e. The highest BCUT2D eigenvalue weighted by Crippen LogP contribution is 2.38. The third kappa shape index (κ3) is 8.13. The second-order valence-corrected chi connectivity index (χ2v) is 11.0. The van der Waals surface area contributed by atoms with E-state index in [-0.39, 0.29) is 19.7 Å². The molecule has 0 bridgehead atoms. The molecule has 0 aliphatic carbocycles. The normalized spacial score (nSPS) is 15.7. The van der Waals surface area contributed by atoms with Gasteiger partial charge in [0.15, 0.2) is 0 Å². The van der Waals surface area contributed by atoms with E-state index in [1.54, 1.807) is 25.2 Å². The van der Waals surface area contributed by atoms with Crippen molar-refractivity contribution in [3.8, 4) is 5.75 Å². The van der Waals surface area contributed by atoms with Gasteiger partial charge < -0.3 is 29.3 Å². The van der Waals surface area contributed by atoms with Crippen LogP contribution in [0.2, 0.25) is 5.02 Å². The summed E-state index contributed by atoms with van der Waals surface area (Å²) in [4.78, 5) is 42.0. The van der Waals surface area contributed by atoms with E-state index in [0.29, 0.717) is 34.3 Å². The van der Waals surface area contributed by atoms with E-state index in [4.69, 9.17) is 25.8 Å². The molecular weight excluding hydrogens is 594 g/mol. The molecule has 0 fully saturated rings. The second kappa shape index (κ2) is 14.6. The van der Waals surface area contributed by atoms with Crippen molar-refractivity contribution in [2.75, 3.05) is 30.4 Å². The van der Waals surface area contributed by atoms with Crippen LogP contribution >= 0.6 is 11.6 Å². The third-order valence-corrected chi connectivity index (χ3v) is 7.56. The average molecular weight is 628 g/mol. The average Bonchev–Trinajstić information content (AvgIpc) is 3.16. The van der Waals surface area contributed by atoms with Gasteiger partial charge in [0.2, 0.25) is 6.10 Å². The second-order valence-electron chi connectivity index (χ2n) is 10.6.